The van der Waals surface area contributed by atoms with Crippen molar-refractivity contribution >= 4 is 12.1 Å². The first-order chi connectivity index (χ1) is 8.74. The molecule has 1 aromatic carbocycles. The predicted octanol–water partition coefficient (Wildman–Crippen LogP) is 3.68. The van der Waals surface area contributed by atoms with Gasteiger partial charge >= 0.3 is 0 Å². The van der Waals surface area contributed by atoms with E-state index < -0.39 is 0 Å². The summed E-state index contributed by atoms with van der Waals surface area (Å²) < 4.78 is 0. The molecule has 0 radical (unpaired) electrons. The van der Waals surface area contributed by atoms with Crippen LogP contribution in [0.2, 0.25) is 0 Å². The summed E-state index contributed by atoms with van der Waals surface area (Å²) in [5, 5.41) is 3.94. The van der Waals surface area contributed by atoms with Crippen molar-refractivity contribution in [2.24, 2.45) is 5.10 Å². The second-order valence-corrected chi connectivity index (χ2v) is 4.47. The molecule has 3 heteroatoms. The Morgan fingerprint density at radius 2 is 1.94 bits per heavy atom. The SMILES string of the molecule is CCCCCC/C=N/NC(=O)c1ccc(C)cc1. The minimum absolute atomic E-state index is 0.153. The molecule has 0 fully saturated rings. The molecule has 0 saturated heterocycles. The van der Waals surface area contributed by atoms with E-state index in [9.17, 15) is 4.79 Å². The quantitative estimate of drug-likeness (QED) is 0.445. The standard InChI is InChI=1S/C15H22N2O/c1-3-4-5-6-7-12-16-17-15(18)14-10-8-13(2)9-11-14/h8-12H,3-7H2,1-2H3,(H,17,18)/b16-12+. The number of amides is 1. The molecule has 18 heavy (non-hydrogen) atoms. The molecule has 1 amide bonds. The van der Waals surface area contributed by atoms with Gasteiger partial charge < -0.3 is 0 Å². The van der Waals surface area contributed by atoms with Crippen molar-refractivity contribution in [1.29, 1.82) is 0 Å². The van der Waals surface area contributed by atoms with Crippen LogP contribution in [0.4, 0.5) is 0 Å². The number of rotatable bonds is 7. The molecule has 1 N–H and O–H groups in total. The van der Waals surface area contributed by atoms with Crippen LogP contribution in [0.25, 0.3) is 0 Å². The van der Waals surface area contributed by atoms with E-state index in [1.807, 2.05) is 19.1 Å². The Kier molecular flexibility index (Phi) is 6.77. The maximum Gasteiger partial charge on any atom is 0.271 e. The lowest BCUT2D eigenvalue weighted by Crippen LogP contribution is -2.17. The fourth-order valence-corrected chi connectivity index (χ4v) is 1.60. The van der Waals surface area contributed by atoms with Crippen molar-refractivity contribution in [3.05, 3.63) is 35.4 Å². The van der Waals surface area contributed by atoms with Crippen molar-refractivity contribution in [3.8, 4) is 0 Å². The van der Waals surface area contributed by atoms with E-state index in [0.29, 0.717) is 5.56 Å². The summed E-state index contributed by atoms with van der Waals surface area (Å²) >= 11 is 0. The number of unbranched alkanes of at least 4 members (excludes halogenated alkanes) is 4. The van der Waals surface area contributed by atoms with Crippen LogP contribution < -0.4 is 5.43 Å². The Labute approximate surface area is 109 Å². The molecule has 0 atom stereocenters. The van der Waals surface area contributed by atoms with Crippen molar-refractivity contribution in [2.45, 2.75) is 46.0 Å². The van der Waals surface area contributed by atoms with Gasteiger partial charge in [-0.15, -0.1) is 0 Å². The van der Waals surface area contributed by atoms with Crippen LogP contribution in [-0.2, 0) is 0 Å². The first-order valence-corrected chi connectivity index (χ1v) is 6.62. The fourth-order valence-electron chi connectivity index (χ4n) is 1.60. The molecule has 0 saturated carbocycles. The molecular weight excluding hydrogens is 224 g/mol. The molecule has 0 heterocycles. The highest BCUT2D eigenvalue weighted by molar-refractivity contribution is 5.94. The lowest BCUT2D eigenvalue weighted by molar-refractivity contribution is 0.0955. The molecular formula is C15H22N2O. The van der Waals surface area contributed by atoms with Gasteiger partial charge in [-0.05, 0) is 31.9 Å². The maximum atomic E-state index is 11.7. The fraction of sp³-hybridized carbons (Fsp3) is 0.467. The molecule has 0 unspecified atom stereocenters. The number of nitrogens with zero attached hydrogens (tertiary/aromatic N) is 1. The lowest BCUT2D eigenvalue weighted by atomic mass is 10.1. The van der Waals surface area contributed by atoms with Crippen molar-refractivity contribution < 1.29 is 4.79 Å². The van der Waals surface area contributed by atoms with Crippen molar-refractivity contribution in [2.75, 3.05) is 0 Å². The highest BCUT2D eigenvalue weighted by Gasteiger charge is 2.02. The van der Waals surface area contributed by atoms with Gasteiger partial charge in [-0.1, -0.05) is 43.9 Å². The number of hydrogen-bond donors (Lipinski definition) is 1. The zero-order valence-corrected chi connectivity index (χ0v) is 11.3. The van der Waals surface area contributed by atoms with E-state index in [4.69, 9.17) is 0 Å². The monoisotopic (exact) mass is 246 g/mol. The van der Waals surface area contributed by atoms with Gasteiger partial charge in [-0.2, -0.15) is 5.10 Å². The zero-order valence-electron chi connectivity index (χ0n) is 11.3. The summed E-state index contributed by atoms with van der Waals surface area (Å²) in [6, 6.07) is 7.45. The number of aryl methyl sites for hydroxylation is 1. The number of carbonyl (C=O) groups excluding carboxylic acids is 1. The van der Waals surface area contributed by atoms with Gasteiger partial charge in [0.25, 0.3) is 5.91 Å². The molecule has 1 aromatic rings. The van der Waals surface area contributed by atoms with Crippen LogP contribution in [0.3, 0.4) is 0 Å². The van der Waals surface area contributed by atoms with E-state index in [1.165, 1.54) is 19.3 Å². The number of benzene rings is 1. The van der Waals surface area contributed by atoms with E-state index in [-0.39, 0.29) is 5.91 Å². The van der Waals surface area contributed by atoms with Gasteiger partial charge in [0.2, 0.25) is 0 Å². The molecule has 0 aliphatic heterocycles. The predicted molar refractivity (Wildman–Crippen MR) is 75.9 cm³/mol. The highest BCUT2D eigenvalue weighted by atomic mass is 16.2. The molecule has 0 spiro atoms. The van der Waals surface area contributed by atoms with E-state index in [1.54, 1.807) is 18.3 Å². The van der Waals surface area contributed by atoms with Crippen LogP contribution in [0.15, 0.2) is 29.4 Å². The van der Waals surface area contributed by atoms with Crippen LogP contribution in [0.1, 0.15) is 54.9 Å². The third kappa shape index (κ3) is 5.62. The van der Waals surface area contributed by atoms with Gasteiger partial charge in [0.15, 0.2) is 0 Å². The summed E-state index contributed by atoms with van der Waals surface area (Å²) in [6.07, 6.45) is 7.58. The number of hydrazone groups is 1. The van der Waals surface area contributed by atoms with Crippen molar-refractivity contribution in [3.63, 3.8) is 0 Å². The molecule has 0 aliphatic rings. The van der Waals surface area contributed by atoms with Crippen LogP contribution >= 0.6 is 0 Å². The second kappa shape index (κ2) is 8.45. The topological polar surface area (TPSA) is 41.5 Å². The number of hydrogen-bond acceptors (Lipinski definition) is 2. The third-order valence-electron chi connectivity index (χ3n) is 2.76. The minimum atomic E-state index is -0.153. The van der Waals surface area contributed by atoms with E-state index in [0.717, 1.165) is 18.4 Å². The van der Waals surface area contributed by atoms with E-state index in [2.05, 4.69) is 17.5 Å². The molecule has 0 aliphatic carbocycles. The summed E-state index contributed by atoms with van der Waals surface area (Å²) in [6.45, 7) is 4.19. The Hall–Kier alpha value is -1.64. The molecule has 98 valence electrons. The van der Waals surface area contributed by atoms with Gasteiger partial charge in [-0.25, -0.2) is 5.43 Å². The maximum absolute atomic E-state index is 11.7. The van der Waals surface area contributed by atoms with Gasteiger partial charge in [0.1, 0.15) is 0 Å². The summed E-state index contributed by atoms with van der Waals surface area (Å²) in [4.78, 5) is 11.7. The average molecular weight is 246 g/mol. The molecule has 1 rings (SSSR count). The average Bonchev–Trinajstić information content (AvgIpc) is 2.38. The summed E-state index contributed by atoms with van der Waals surface area (Å²) in [5.74, 6) is -0.153. The zero-order chi connectivity index (χ0) is 13.2. The Balaban J connectivity index is 2.24. The number of nitrogens with one attached hydrogen (secondary N) is 1. The highest BCUT2D eigenvalue weighted by Crippen LogP contribution is 2.03. The lowest BCUT2D eigenvalue weighted by Gasteiger charge is -2.00. The normalized spacial score (nSPS) is 10.8. The van der Waals surface area contributed by atoms with Crippen molar-refractivity contribution in [1.82, 2.24) is 5.43 Å². The Morgan fingerprint density at radius 1 is 1.22 bits per heavy atom. The van der Waals surface area contributed by atoms with Gasteiger partial charge in [-0.3, -0.25) is 4.79 Å². The molecule has 0 aromatic heterocycles. The largest absolute Gasteiger partial charge is 0.271 e. The smallest absolute Gasteiger partial charge is 0.267 e. The second-order valence-electron chi connectivity index (χ2n) is 4.47. The van der Waals surface area contributed by atoms with Crippen LogP contribution in [0.5, 0.6) is 0 Å². The van der Waals surface area contributed by atoms with Gasteiger partial charge in [0, 0.05) is 11.8 Å². The Bertz CT molecular complexity index is 382. The van der Waals surface area contributed by atoms with Gasteiger partial charge in [0.05, 0.1) is 0 Å². The van der Waals surface area contributed by atoms with E-state index >= 15 is 0 Å². The summed E-state index contributed by atoms with van der Waals surface area (Å²) in [5.41, 5.74) is 4.33. The first kappa shape index (κ1) is 14.4. The third-order valence-corrected chi connectivity index (χ3v) is 2.76. The summed E-state index contributed by atoms with van der Waals surface area (Å²) in [7, 11) is 0. The van der Waals surface area contributed by atoms with Crippen LogP contribution in [-0.4, -0.2) is 12.1 Å². The minimum Gasteiger partial charge on any atom is -0.267 e. The Morgan fingerprint density at radius 3 is 2.61 bits per heavy atom. The van der Waals surface area contributed by atoms with Crippen LogP contribution in [0, 0.1) is 6.92 Å². The number of carbonyl (C=O) groups is 1. The molecule has 3 nitrogen and oxygen atoms in total. The first-order valence-electron chi connectivity index (χ1n) is 6.62. The molecule has 0 bridgehead atoms.